The minimum atomic E-state index is -0.110. The van der Waals surface area contributed by atoms with E-state index in [4.69, 9.17) is 0 Å². The SMILES string of the molecule is CN(Cc1cscn1)C(=O)NCc1cc2ccccc2[nH]1. The molecule has 6 heteroatoms. The van der Waals surface area contributed by atoms with Gasteiger partial charge in [-0.2, -0.15) is 0 Å². The van der Waals surface area contributed by atoms with Gasteiger partial charge in [0.1, 0.15) is 0 Å². The van der Waals surface area contributed by atoms with E-state index in [1.807, 2.05) is 29.6 Å². The summed E-state index contributed by atoms with van der Waals surface area (Å²) in [5.41, 5.74) is 4.75. The minimum Gasteiger partial charge on any atom is -0.357 e. The number of hydrogen-bond donors (Lipinski definition) is 2. The van der Waals surface area contributed by atoms with Crippen LogP contribution in [-0.4, -0.2) is 27.9 Å². The molecular weight excluding hydrogens is 284 g/mol. The second-order valence-corrected chi connectivity index (χ2v) is 5.60. The molecule has 2 N–H and O–H groups in total. The van der Waals surface area contributed by atoms with Gasteiger partial charge in [0, 0.05) is 23.6 Å². The van der Waals surface area contributed by atoms with Crippen LogP contribution in [0.15, 0.2) is 41.2 Å². The van der Waals surface area contributed by atoms with Gasteiger partial charge in [-0.1, -0.05) is 18.2 Å². The minimum absolute atomic E-state index is 0.110. The molecule has 3 rings (SSSR count). The first-order valence-electron chi connectivity index (χ1n) is 6.65. The van der Waals surface area contributed by atoms with E-state index in [1.165, 1.54) is 11.3 Å². The highest BCUT2D eigenvalue weighted by molar-refractivity contribution is 7.07. The van der Waals surface area contributed by atoms with Crippen LogP contribution in [0.4, 0.5) is 4.79 Å². The molecule has 2 aromatic heterocycles. The molecule has 0 aliphatic carbocycles. The molecule has 0 saturated carbocycles. The van der Waals surface area contributed by atoms with Gasteiger partial charge < -0.3 is 15.2 Å². The third kappa shape index (κ3) is 3.22. The van der Waals surface area contributed by atoms with Gasteiger partial charge in [-0.15, -0.1) is 11.3 Å². The highest BCUT2D eigenvalue weighted by Gasteiger charge is 2.10. The summed E-state index contributed by atoms with van der Waals surface area (Å²) >= 11 is 1.53. The molecule has 0 bridgehead atoms. The van der Waals surface area contributed by atoms with Crippen LogP contribution >= 0.6 is 11.3 Å². The lowest BCUT2D eigenvalue weighted by Gasteiger charge is -2.16. The second-order valence-electron chi connectivity index (χ2n) is 4.88. The Labute approximate surface area is 126 Å². The average Bonchev–Trinajstić information content (AvgIpc) is 3.13. The first-order valence-corrected chi connectivity index (χ1v) is 7.59. The lowest BCUT2D eigenvalue weighted by Crippen LogP contribution is -2.36. The van der Waals surface area contributed by atoms with E-state index in [0.717, 1.165) is 22.3 Å². The standard InChI is InChI=1S/C15H16N4OS/c1-19(8-13-9-21-10-17-13)15(20)16-7-12-6-11-4-2-3-5-14(11)18-12/h2-6,9-10,18H,7-8H2,1H3,(H,16,20). The van der Waals surface area contributed by atoms with E-state index >= 15 is 0 Å². The normalized spacial score (nSPS) is 10.7. The molecule has 0 radical (unpaired) electrons. The number of aromatic amines is 1. The Bertz CT molecular complexity index is 702. The maximum atomic E-state index is 12.0. The number of thiazole rings is 1. The monoisotopic (exact) mass is 300 g/mol. The third-order valence-corrected chi connectivity index (χ3v) is 3.88. The van der Waals surface area contributed by atoms with Crippen LogP contribution in [0, 0.1) is 0 Å². The summed E-state index contributed by atoms with van der Waals surface area (Å²) in [7, 11) is 1.76. The van der Waals surface area contributed by atoms with Crippen molar-refractivity contribution in [3.63, 3.8) is 0 Å². The molecule has 2 heterocycles. The number of para-hydroxylation sites is 1. The number of fused-ring (bicyclic) bond motifs is 1. The number of urea groups is 1. The van der Waals surface area contributed by atoms with Crippen molar-refractivity contribution in [2.75, 3.05) is 7.05 Å². The van der Waals surface area contributed by atoms with E-state index in [0.29, 0.717) is 13.1 Å². The quantitative estimate of drug-likeness (QED) is 0.778. The van der Waals surface area contributed by atoms with Gasteiger partial charge in [0.15, 0.2) is 0 Å². The Balaban J connectivity index is 1.57. The molecule has 3 aromatic rings. The van der Waals surface area contributed by atoms with Gasteiger partial charge >= 0.3 is 6.03 Å². The molecule has 2 amide bonds. The van der Waals surface area contributed by atoms with Crippen molar-refractivity contribution in [1.29, 1.82) is 0 Å². The number of carbonyl (C=O) groups excluding carboxylic acids is 1. The molecule has 0 fully saturated rings. The number of benzene rings is 1. The van der Waals surface area contributed by atoms with Crippen molar-refractivity contribution in [3.8, 4) is 0 Å². The smallest absolute Gasteiger partial charge is 0.317 e. The molecule has 1 aromatic carbocycles. The lowest BCUT2D eigenvalue weighted by molar-refractivity contribution is 0.206. The average molecular weight is 300 g/mol. The van der Waals surface area contributed by atoms with Crippen LogP contribution in [0.2, 0.25) is 0 Å². The van der Waals surface area contributed by atoms with E-state index in [-0.39, 0.29) is 6.03 Å². The molecule has 0 aliphatic rings. The van der Waals surface area contributed by atoms with Gasteiger partial charge in [0.2, 0.25) is 0 Å². The predicted octanol–water partition coefficient (Wildman–Crippen LogP) is 2.97. The van der Waals surface area contributed by atoms with Crippen LogP contribution in [0.3, 0.4) is 0 Å². The highest BCUT2D eigenvalue weighted by Crippen LogP contribution is 2.14. The first kappa shape index (κ1) is 13.6. The molecule has 108 valence electrons. The number of carbonyl (C=O) groups is 1. The fourth-order valence-electron chi connectivity index (χ4n) is 2.16. The Kier molecular flexibility index (Phi) is 3.87. The van der Waals surface area contributed by atoms with Crippen molar-refractivity contribution in [2.24, 2.45) is 0 Å². The van der Waals surface area contributed by atoms with E-state index in [1.54, 1.807) is 17.5 Å². The summed E-state index contributed by atoms with van der Waals surface area (Å²) in [6.45, 7) is 0.997. The molecule has 0 saturated heterocycles. The summed E-state index contributed by atoms with van der Waals surface area (Å²) in [5, 5.41) is 6.00. The predicted molar refractivity (Wildman–Crippen MR) is 84.1 cm³/mol. The molecule has 0 aliphatic heterocycles. The maximum Gasteiger partial charge on any atom is 0.317 e. The Morgan fingerprint density at radius 3 is 3.05 bits per heavy atom. The first-order chi connectivity index (χ1) is 10.2. The zero-order valence-electron chi connectivity index (χ0n) is 11.7. The van der Waals surface area contributed by atoms with Crippen molar-refractivity contribution >= 4 is 28.3 Å². The molecule has 0 unspecified atom stereocenters. The highest BCUT2D eigenvalue weighted by atomic mass is 32.1. The number of aromatic nitrogens is 2. The largest absolute Gasteiger partial charge is 0.357 e. The van der Waals surface area contributed by atoms with Crippen molar-refractivity contribution < 1.29 is 4.79 Å². The van der Waals surface area contributed by atoms with Crippen LogP contribution < -0.4 is 5.32 Å². The summed E-state index contributed by atoms with van der Waals surface area (Å²) < 4.78 is 0. The topological polar surface area (TPSA) is 61.0 Å². The number of hydrogen-bond acceptors (Lipinski definition) is 3. The second kappa shape index (κ2) is 5.97. The van der Waals surface area contributed by atoms with E-state index < -0.39 is 0 Å². The van der Waals surface area contributed by atoms with Crippen LogP contribution in [0.5, 0.6) is 0 Å². The van der Waals surface area contributed by atoms with Crippen molar-refractivity contribution in [1.82, 2.24) is 20.2 Å². The van der Waals surface area contributed by atoms with Gasteiger partial charge in [-0.25, -0.2) is 9.78 Å². The van der Waals surface area contributed by atoms with Gasteiger partial charge in [-0.3, -0.25) is 0 Å². The zero-order valence-corrected chi connectivity index (χ0v) is 12.5. The van der Waals surface area contributed by atoms with E-state index in [9.17, 15) is 4.79 Å². The summed E-state index contributed by atoms with van der Waals surface area (Å²) in [5.74, 6) is 0. The number of H-pyrrole nitrogens is 1. The molecular formula is C15H16N4OS. The number of nitrogens with zero attached hydrogens (tertiary/aromatic N) is 2. The molecule has 5 nitrogen and oxygen atoms in total. The van der Waals surface area contributed by atoms with E-state index in [2.05, 4.69) is 21.4 Å². The fraction of sp³-hybridized carbons (Fsp3) is 0.200. The van der Waals surface area contributed by atoms with Gasteiger partial charge in [-0.05, 0) is 17.5 Å². The van der Waals surface area contributed by atoms with Gasteiger partial charge in [0.25, 0.3) is 0 Å². The number of rotatable bonds is 4. The summed E-state index contributed by atoms with van der Waals surface area (Å²) in [6.07, 6.45) is 0. The summed E-state index contributed by atoms with van der Waals surface area (Å²) in [4.78, 5) is 21.1. The maximum absolute atomic E-state index is 12.0. The molecule has 0 spiro atoms. The number of nitrogens with one attached hydrogen (secondary N) is 2. The lowest BCUT2D eigenvalue weighted by atomic mass is 10.2. The van der Waals surface area contributed by atoms with Gasteiger partial charge in [0.05, 0.1) is 24.3 Å². The number of amides is 2. The van der Waals surface area contributed by atoms with Crippen molar-refractivity contribution in [3.05, 3.63) is 52.6 Å². The Morgan fingerprint density at radius 1 is 1.43 bits per heavy atom. The van der Waals surface area contributed by atoms with Crippen molar-refractivity contribution in [2.45, 2.75) is 13.1 Å². The fourth-order valence-corrected chi connectivity index (χ4v) is 2.71. The zero-order chi connectivity index (χ0) is 14.7. The van der Waals surface area contributed by atoms with Crippen LogP contribution in [0.1, 0.15) is 11.4 Å². The van der Waals surface area contributed by atoms with Crippen LogP contribution in [-0.2, 0) is 13.1 Å². The third-order valence-electron chi connectivity index (χ3n) is 3.25. The molecule has 0 atom stereocenters. The Morgan fingerprint density at radius 2 is 2.29 bits per heavy atom. The van der Waals surface area contributed by atoms with Crippen LogP contribution in [0.25, 0.3) is 10.9 Å². The molecule has 21 heavy (non-hydrogen) atoms. The Hall–Kier alpha value is -2.34. The summed E-state index contributed by atoms with van der Waals surface area (Å²) in [6, 6.07) is 10.0.